The molecule has 0 spiro atoms. The number of carbonyl (C=O) groups is 1. The fourth-order valence-corrected chi connectivity index (χ4v) is 5.79. The minimum atomic E-state index is -0.225. The molecule has 3 atom stereocenters. The van der Waals surface area contributed by atoms with Crippen molar-refractivity contribution in [2.45, 2.75) is 45.1 Å². The van der Waals surface area contributed by atoms with Crippen molar-refractivity contribution in [3.63, 3.8) is 0 Å². The number of ether oxygens (including phenoxy) is 2. The number of carbonyl (C=O) groups excluding carboxylic acids is 1. The van der Waals surface area contributed by atoms with Crippen LogP contribution in [0, 0.1) is 11.3 Å². The summed E-state index contributed by atoms with van der Waals surface area (Å²) < 4.78 is 11.3. The SMILES string of the molecule is CCN1CC[C@@H]2C[C@@H](N3CCOCC3)CC[C@@]2(C(=O)NCCCOc2ccccc2)C1. The van der Waals surface area contributed by atoms with E-state index in [1.54, 1.807) is 0 Å². The summed E-state index contributed by atoms with van der Waals surface area (Å²) in [7, 11) is 0. The average Bonchev–Trinajstić information content (AvgIpc) is 2.84. The zero-order chi connectivity index (χ0) is 21.5. The first-order valence-corrected chi connectivity index (χ1v) is 12.2. The van der Waals surface area contributed by atoms with Crippen molar-refractivity contribution in [1.82, 2.24) is 15.1 Å². The molecule has 4 rings (SSSR count). The second-order valence-electron chi connectivity index (χ2n) is 9.36. The van der Waals surface area contributed by atoms with Crippen LogP contribution in [0.4, 0.5) is 0 Å². The van der Waals surface area contributed by atoms with Crippen LogP contribution in [-0.2, 0) is 9.53 Å². The quantitative estimate of drug-likeness (QED) is 0.644. The number of nitrogens with zero attached hydrogens (tertiary/aromatic N) is 2. The van der Waals surface area contributed by atoms with Gasteiger partial charge in [-0.05, 0) is 63.2 Å². The Morgan fingerprint density at radius 2 is 2.00 bits per heavy atom. The number of nitrogens with one attached hydrogen (secondary N) is 1. The predicted octanol–water partition coefficient (Wildman–Crippen LogP) is 2.78. The van der Waals surface area contributed by atoms with Crippen molar-refractivity contribution < 1.29 is 14.3 Å². The number of likely N-dealkylation sites (tertiary alicyclic amines) is 1. The number of benzene rings is 1. The van der Waals surface area contributed by atoms with E-state index < -0.39 is 0 Å². The van der Waals surface area contributed by atoms with Crippen LogP contribution >= 0.6 is 0 Å². The largest absolute Gasteiger partial charge is 0.494 e. The fraction of sp³-hybridized carbons (Fsp3) is 0.720. The molecule has 6 nitrogen and oxygen atoms in total. The average molecular weight is 430 g/mol. The summed E-state index contributed by atoms with van der Waals surface area (Å²) in [5.41, 5.74) is -0.225. The van der Waals surface area contributed by atoms with Gasteiger partial charge in [0.05, 0.1) is 25.2 Å². The van der Waals surface area contributed by atoms with Gasteiger partial charge in [0.1, 0.15) is 5.75 Å². The minimum absolute atomic E-state index is 0.225. The first kappa shape index (κ1) is 22.6. The second kappa shape index (κ2) is 10.8. The molecule has 0 unspecified atom stereocenters. The Hall–Kier alpha value is -1.63. The van der Waals surface area contributed by atoms with E-state index in [0.29, 0.717) is 25.1 Å². The van der Waals surface area contributed by atoms with Crippen molar-refractivity contribution in [3.8, 4) is 5.75 Å². The molecule has 31 heavy (non-hydrogen) atoms. The Morgan fingerprint density at radius 3 is 2.77 bits per heavy atom. The van der Waals surface area contributed by atoms with Gasteiger partial charge in [0.25, 0.3) is 0 Å². The number of piperidine rings is 1. The monoisotopic (exact) mass is 429 g/mol. The van der Waals surface area contributed by atoms with E-state index in [9.17, 15) is 4.79 Å². The van der Waals surface area contributed by atoms with Crippen molar-refractivity contribution in [1.29, 1.82) is 0 Å². The zero-order valence-corrected chi connectivity index (χ0v) is 19.1. The van der Waals surface area contributed by atoms with E-state index in [-0.39, 0.29) is 11.3 Å². The highest BCUT2D eigenvalue weighted by Gasteiger charge is 2.52. The van der Waals surface area contributed by atoms with Gasteiger partial charge < -0.3 is 19.7 Å². The van der Waals surface area contributed by atoms with Crippen LogP contribution < -0.4 is 10.1 Å². The Morgan fingerprint density at radius 1 is 1.19 bits per heavy atom. The standard InChI is InChI=1S/C25H39N3O3/c1-2-27-13-10-21-19-22(28-14-17-30-18-15-28)9-11-25(21,20-27)24(29)26-12-6-16-31-23-7-4-3-5-8-23/h3-5,7-8,21-22H,2,6,9-20H2,1H3,(H,26,29)/t21-,22+,25-/m1/s1. The van der Waals surface area contributed by atoms with Gasteiger partial charge in [-0.3, -0.25) is 9.69 Å². The minimum Gasteiger partial charge on any atom is -0.494 e. The van der Waals surface area contributed by atoms with Gasteiger partial charge in [-0.2, -0.15) is 0 Å². The van der Waals surface area contributed by atoms with E-state index in [4.69, 9.17) is 9.47 Å². The summed E-state index contributed by atoms with van der Waals surface area (Å²) in [6.07, 6.45) is 5.25. The summed E-state index contributed by atoms with van der Waals surface area (Å²) in [5.74, 6) is 1.65. The normalized spacial score (nSPS) is 29.8. The molecule has 172 valence electrons. The number of hydrogen-bond acceptors (Lipinski definition) is 5. The molecule has 1 aromatic rings. The number of morpholine rings is 1. The lowest BCUT2D eigenvalue weighted by atomic mass is 9.61. The lowest BCUT2D eigenvalue weighted by molar-refractivity contribution is -0.144. The molecule has 1 amide bonds. The van der Waals surface area contributed by atoms with Gasteiger partial charge in [-0.15, -0.1) is 0 Å². The maximum atomic E-state index is 13.5. The lowest BCUT2D eigenvalue weighted by Crippen LogP contribution is -2.60. The molecule has 1 N–H and O–H groups in total. The molecule has 6 heteroatoms. The second-order valence-corrected chi connectivity index (χ2v) is 9.36. The molecule has 3 aliphatic rings. The van der Waals surface area contributed by atoms with Gasteiger partial charge in [0.2, 0.25) is 5.91 Å². The highest BCUT2D eigenvalue weighted by molar-refractivity contribution is 5.83. The third-order valence-corrected chi connectivity index (χ3v) is 7.64. The van der Waals surface area contributed by atoms with E-state index in [2.05, 4.69) is 22.0 Å². The van der Waals surface area contributed by atoms with Crippen LogP contribution in [0.5, 0.6) is 5.75 Å². The summed E-state index contributed by atoms with van der Waals surface area (Å²) in [6.45, 7) is 10.4. The molecule has 3 fully saturated rings. The van der Waals surface area contributed by atoms with Crippen LogP contribution in [0.15, 0.2) is 30.3 Å². The number of fused-ring (bicyclic) bond motifs is 1. The topological polar surface area (TPSA) is 54.0 Å². The molecule has 1 aliphatic carbocycles. The Kier molecular flexibility index (Phi) is 7.86. The summed E-state index contributed by atoms with van der Waals surface area (Å²) in [6, 6.07) is 10.5. The number of para-hydroxylation sites is 1. The van der Waals surface area contributed by atoms with Crippen molar-refractivity contribution in [2.24, 2.45) is 11.3 Å². The third kappa shape index (κ3) is 5.41. The fourth-order valence-electron chi connectivity index (χ4n) is 5.79. The lowest BCUT2D eigenvalue weighted by Gasteiger charge is -2.53. The summed E-state index contributed by atoms with van der Waals surface area (Å²) >= 11 is 0. The van der Waals surface area contributed by atoms with Crippen LogP contribution in [0.2, 0.25) is 0 Å². The molecular formula is C25H39N3O3. The first-order valence-electron chi connectivity index (χ1n) is 12.2. The molecule has 0 aromatic heterocycles. The Balaban J connectivity index is 1.32. The molecule has 0 radical (unpaired) electrons. The maximum absolute atomic E-state index is 13.5. The molecule has 2 saturated heterocycles. The van der Waals surface area contributed by atoms with Gasteiger partial charge in [0.15, 0.2) is 0 Å². The van der Waals surface area contributed by atoms with E-state index in [1.165, 1.54) is 0 Å². The zero-order valence-electron chi connectivity index (χ0n) is 19.1. The van der Waals surface area contributed by atoms with E-state index >= 15 is 0 Å². The van der Waals surface area contributed by atoms with Gasteiger partial charge in [-0.1, -0.05) is 25.1 Å². The smallest absolute Gasteiger partial charge is 0.227 e. The highest BCUT2D eigenvalue weighted by Crippen LogP contribution is 2.47. The first-order chi connectivity index (χ1) is 15.2. The van der Waals surface area contributed by atoms with Gasteiger partial charge >= 0.3 is 0 Å². The Labute approximate surface area is 187 Å². The Bertz CT molecular complexity index is 695. The molecule has 2 aliphatic heterocycles. The molecular weight excluding hydrogens is 390 g/mol. The number of hydrogen-bond donors (Lipinski definition) is 1. The predicted molar refractivity (Wildman–Crippen MR) is 122 cm³/mol. The molecule has 0 bridgehead atoms. The molecule has 1 saturated carbocycles. The number of amides is 1. The van der Waals surface area contributed by atoms with Gasteiger partial charge in [-0.25, -0.2) is 0 Å². The third-order valence-electron chi connectivity index (χ3n) is 7.64. The van der Waals surface area contributed by atoms with Crippen molar-refractivity contribution in [2.75, 3.05) is 59.1 Å². The summed E-state index contributed by atoms with van der Waals surface area (Å²) in [4.78, 5) is 18.6. The number of rotatable bonds is 8. The van der Waals surface area contributed by atoms with Crippen LogP contribution in [-0.4, -0.2) is 80.8 Å². The van der Waals surface area contributed by atoms with Crippen LogP contribution in [0.25, 0.3) is 0 Å². The van der Waals surface area contributed by atoms with Crippen molar-refractivity contribution >= 4 is 5.91 Å². The molecule has 2 heterocycles. The van der Waals surface area contributed by atoms with Crippen molar-refractivity contribution in [3.05, 3.63) is 30.3 Å². The van der Waals surface area contributed by atoms with Crippen LogP contribution in [0.3, 0.4) is 0 Å². The van der Waals surface area contributed by atoms with Gasteiger partial charge in [0, 0.05) is 32.2 Å². The van der Waals surface area contributed by atoms with E-state index in [0.717, 1.165) is 83.8 Å². The van der Waals surface area contributed by atoms with E-state index in [1.807, 2.05) is 30.3 Å². The van der Waals surface area contributed by atoms with Crippen LogP contribution in [0.1, 0.15) is 39.0 Å². The summed E-state index contributed by atoms with van der Waals surface area (Å²) in [5, 5.41) is 3.29. The highest BCUT2D eigenvalue weighted by atomic mass is 16.5. The maximum Gasteiger partial charge on any atom is 0.227 e. The molecule has 1 aromatic carbocycles.